The molecule has 0 saturated heterocycles. The van der Waals surface area contributed by atoms with Gasteiger partial charge in [0, 0.05) is 35.6 Å². The van der Waals surface area contributed by atoms with Crippen LogP contribution < -0.4 is 0 Å². The highest BCUT2D eigenvalue weighted by molar-refractivity contribution is 6.30. The number of hydrogen-bond acceptors (Lipinski definition) is 1. The second-order valence-corrected chi connectivity index (χ2v) is 8.11. The van der Waals surface area contributed by atoms with Crippen LogP contribution in [0.2, 0.25) is 5.02 Å². The third kappa shape index (κ3) is 5.19. The van der Waals surface area contributed by atoms with Gasteiger partial charge < -0.3 is 9.47 Å². The van der Waals surface area contributed by atoms with Crippen LogP contribution >= 0.6 is 11.6 Å². The highest BCUT2D eigenvalue weighted by Crippen LogP contribution is 2.21. The average molecular weight is 441 g/mol. The molecule has 0 bridgehead atoms. The second kappa shape index (κ2) is 10.2. The van der Waals surface area contributed by atoms with E-state index in [1.54, 1.807) is 6.08 Å². The molecule has 0 radical (unpaired) electrons. The van der Waals surface area contributed by atoms with Crippen molar-refractivity contribution in [1.82, 2.24) is 9.47 Å². The summed E-state index contributed by atoms with van der Waals surface area (Å²) >= 11 is 6.14. The Labute approximate surface area is 194 Å². The van der Waals surface area contributed by atoms with Gasteiger partial charge in [-0.3, -0.25) is 4.79 Å². The molecule has 4 heteroatoms. The first kappa shape index (κ1) is 21.7. The second-order valence-electron chi connectivity index (χ2n) is 7.68. The maximum Gasteiger partial charge on any atom is 0.254 e. The van der Waals surface area contributed by atoms with Crippen LogP contribution in [0.4, 0.5) is 0 Å². The van der Waals surface area contributed by atoms with Crippen molar-refractivity contribution in [3.63, 3.8) is 0 Å². The number of aromatic nitrogens is 1. The first-order chi connectivity index (χ1) is 15.6. The number of carbonyl (C=O) groups is 1. The Kier molecular flexibility index (Phi) is 6.88. The summed E-state index contributed by atoms with van der Waals surface area (Å²) in [6.07, 6.45) is 3.79. The maximum atomic E-state index is 13.3. The van der Waals surface area contributed by atoms with Gasteiger partial charge in [0.15, 0.2) is 0 Å². The summed E-state index contributed by atoms with van der Waals surface area (Å²) < 4.78 is 2.15. The van der Waals surface area contributed by atoms with E-state index < -0.39 is 0 Å². The molecule has 160 valence electrons. The Morgan fingerprint density at radius 1 is 0.906 bits per heavy atom. The molecule has 3 aromatic carbocycles. The van der Waals surface area contributed by atoms with E-state index in [1.807, 2.05) is 83.9 Å². The smallest absolute Gasteiger partial charge is 0.254 e. The number of nitrogens with zero attached hydrogens (tertiary/aromatic N) is 2. The van der Waals surface area contributed by atoms with E-state index in [4.69, 9.17) is 11.6 Å². The van der Waals surface area contributed by atoms with Crippen molar-refractivity contribution in [3.05, 3.63) is 132 Å². The summed E-state index contributed by atoms with van der Waals surface area (Å²) in [6.45, 7) is 5.52. The van der Waals surface area contributed by atoms with Gasteiger partial charge in [-0.1, -0.05) is 72.3 Å². The molecular formula is C28H25ClN2O. The highest BCUT2D eigenvalue weighted by Gasteiger charge is 2.17. The summed E-state index contributed by atoms with van der Waals surface area (Å²) in [5.74, 6) is -0.0139. The number of carbonyl (C=O) groups excluding carboxylic acids is 1. The summed E-state index contributed by atoms with van der Waals surface area (Å²) in [6, 6.07) is 29.8. The minimum atomic E-state index is -0.0139. The Hall–Kier alpha value is -3.56. The van der Waals surface area contributed by atoms with Gasteiger partial charge >= 0.3 is 0 Å². The zero-order valence-electron chi connectivity index (χ0n) is 17.8. The van der Waals surface area contributed by atoms with Crippen molar-refractivity contribution in [3.8, 4) is 11.1 Å². The zero-order valence-corrected chi connectivity index (χ0v) is 18.6. The normalized spacial score (nSPS) is 10.7. The van der Waals surface area contributed by atoms with Gasteiger partial charge in [-0.2, -0.15) is 0 Å². The third-order valence-corrected chi connectivity index (χ3v) is 5.63. The van der Waals surface area contributed by atoms with Crippen LogP contribution in [0.5, 0.6) is 0 Å². The molecule has 0 unspecified atom stereocenters. The molecule has 0 aliphatic rings. The van der Waals surface area contributed by atoms with Gasteiger partial charge in [0.25, 0.3) is 5.91 Å². The number of benzene rings is 3. The molecule has 0 aliphatic heterocycles. The quantitative estimate of drug-likeness (QED) is 0.280. The topological polar surface area (TPSA) is 25.2 Å². The molecule has 4 aromatic rings. The fourth-order valence-electron chi connectivity index (χ4n) is 3.77. The van der Waals surface area contributed by atoms with Gasteiger partial charge in [0.05, 0.1) is 6.54 Å². The van der Waals surface area contributed by atoms with Crippen LogP contribution in [-0.2, 0) is 13.1 Å². The molecule has 1 aromatic heterocycles. The van der Waals surface area contributed by atoms with E-state index >= 15 is 0 Å². The van der Waals surface area contributed by atoms with Crippen molar-refractivity contribution in [2.75, 3.05) is 6.54 Å². The number of hydrogen-bond donors (Lipinski definition) is 0. The van der Waals surface area contributed by atoms with Gasteiger partial charge in [-0.05, 0) is 53.1 Å². The summed E-state index contributed by atoms with van der Waals surface area (Å²) in [5.41, 5.74) is 5.06. The Balaban J connectivity index is 1.51. The maximum absolute atomic E-state index is 13.3. The largest absolute Gasteiger partial charge is 0.345 e. The fourth-order valence-corrected chi connectivity index (χ4v) is 3.98. The van der Waals surface area contributed by atoms with Crippen LogP contribution in [-0.4, -0.2) is 21.9 Å². The van der Waals surface area contributed by atoms with E-state index in [2.05, 4.69) is 29.3 Å². The molecule has 0 aliphatic carbocycles. The van der Waals surface area contributed by atoms with Crippen molar-refractivity contribution in [1.29, 1.82) is 0 Å². The number of halogens is 1. The molecule has 0 N–H and O–H groups in total. The number of rotatable bonds is 8. The van der Waals surface area contributed by atoms with E-state index in [0.717, 1.165) is 27.4 Å². The standard InChI is InChI=1S/C28H25ClN2O/c1-2-17-31(21-27-12-7-18-30(27)20-22-8-6-11-26(29)19-22)28(32)25-15-13-24(14-16-25)23-9-4-3-5-10-23/h2-16,18-19H,1,17,20-21H2. The molecule has 32 heavy (non-hydrogen) atoms. The SMILES string of the molecule is C=CCN(Cc1cccn1Cc1cccc(Cl)c1)C(=O)c1ccc(-c2ccccc2)cc1. The molecule has 1 heterocycles. The van der Waals surface area contributed by atoms with Crippen molar-refractivity contribution < 1.29 is 4.79 Å². The van der Waals surface area contributed by atoms with Crippen LogP contribution in [0.15, 0.2) is 110 Å². The Morgan fingerprint density at radius 2 is 1.66 bits per heavy atom. The van der Waals surface area contributed by atoms with E-state index in [-0.39, 0.29) is 5.91 Å². The predicted octanol–water partition coefficient (Wildman–Crippen LogP) is 6.69. The highest BCUT2D eigenvalue weighted by atomic mass is 35.5. The third-order valence-electron chi connectivity index (χ3n) is 5.39. The Bertz CT molecular complexity index is 1200. The Morgan fingerprint density at radius 3 is 2.38 bits per heavy atom. The minimum Gasteiger partial charge on any atom is -0.345 e. The lowest BCUT2D eigenvalue weighted by Gasteiger charge is -2.22. The summed E-state index contributed by atoms with van der Waals surface area (Å²) in [5, 5.41) is 0.721. The lowest BCUT2D eigenvalue weighted by atomic mass is 10.0. The minimum absolute atomic E-state index is 0.0139. The first-order valence-corrected chi connectivity index (χ1v) is 11.0. The summed E-state index contributed by atoms with van der Waals surface area (Å²) in [7, 11) is 0. The lowest BCUT2D eigenvalue weighted by Crippen LogP contribution is -2.31. The van der Waals surface area contributed by atoms with E-state index in [1.165, 1.54) is 0 Å². The fraction of sp³-hybridized carbons (Fsp3) is 0.107. The van der Waals surface area contributed by atoms with Crippen LogP contribution in [0.1, 0.15) is 21.6 Å². The first-order valence-electron chi connectivity index (χ1n) is 10.6. The predicted molar refractivity (Wildman–Crippen MR) is 132 cm³/mol. The van der Waals surface area contributed by atoms with Crippen LogP contribution in [0.25, 0.3) is 11.1 Å². The van der Waals surface area contributed by atoms with Crippen molar-refractivity contribution in [2.24, 2.45) is 0 Å². The molecule has 0 atom stereocenters. The van der Waals surface area contributed by atoms with E-state index in [9.17, 15) is 4.79 Å². The van der Waals surface area contributed by atoms with Crippen LogP contribution in [0.3, 0.4) is 0 Å². The van der Waals surface area contributed by atoms with Gasteiger partial charge in [-0.15, -0.1) is 6.58 Å². The molecule has 0 spiro atoms. The van der Waals surface area contributed by atoms with Gasteiger partial charge in [-0.25, -0.2) is 0 Å². The van der Waals surface area contributed by atoms with Crippen molar-refractivity contribution in [2.45, 2.75) is 13.1 Å². The van der Waals surface area contributed by atoms with Crippen molar-refractivity contribution >= 4 is 17.5 Å². The van der Waals surface area contributed by atoms with Gasteiger partial charge in [0.1, 0.15) is 0 Å². The van der Waals surface area contributed by atoms with E-state index in [0.29, 0.717) is 25.2 Å². The lowest BCUT2D eigenvalue weighted by molar-refractivity contribution is 0.0759. The molecule has 0 saturated carbocycles. The zero-order chi connectivity index (χ0) is 22.3. The molecule has 0 fully saturated rings. The average Bonchev–Trinajstić information content (AvgIpc) is 3.25. The molecular weight excluding hydrogens is 416 g/mol. The molecule has 3 nitrogen and oxygen atoms in total. The molecule has 1 amide bonds. The monoisotopic (exact) mass is 440 g/mol. The summed E-state index contributed by atoms with van der Waals surface area (Å²) in [4.78, 5) is 15.1. The number of amides is 1. The van der Waals surface area contributed by atoms with Gasteiger partial charge in [0.2, 0.25) is 0 Å². The molecule has 4 rings (SSSR count). The van der Waals surface area contributed by atoms with Crippen LogP contribution in [0, 0.1) is 0 Å².